The van der Waals surface area contributed by atoms with E-state index in [-0.39, 0.29) is 0 Å². The van der Waals surface area contributed by atoms with Crippen molar-refractivity contribution in [2.45, 2.75) is 32.6 Å². The summed E-state index contributed by atoms with van der Waals surface area (Å²) in [5.74, 6) is 0.888. The Morgan fingerprint density at radius 2 is 2.45 bits per heavy atom. The molecule has 0 radical (unpaired) electrons. The Morgan fingerprint density at radius 1 is 1.64 bits per heavy atom. The molecule has 2 nitrogen and oxygen atoms in total. The van der Waals surface area contributed by atoms with Crippen LogP contribution >= 0.6 is 0 Å². The second kappa shape index (κ2) is 2.68. The summed E-state index contributed by atoms with van der Waals surface area (Å²) in [6.07, 6.45) is 7.02. The van der Waals surface area contributed by atoms with Crippen molar-refractivity contribution in [3.63, 3.8) is 0 Å². The summed E-state index contributed by atoms with van der Waals surface area (Å²) < 4.78 is 4.86. The maximum Gasteiger partial charge on any atom is 0.126 e. The summed E-state index contributed by atoms with van der Waals surface area (Å²) in [6, 6.07) is 0. The van der Waals surface area contributed by atoms with E-state index in [0.717, 1.165) is 18.0 Å². The molecule has 1 aliphatic rings. The number of rotatable bonds is 2. The first-order valence-corrected chi connectivity index (χ1v) is 4.26. The molecule has 0 aliphatic heterocycles. The molecule has 1 saturated carbocycles. The van der Waals surface area contributed by atoms with Crippen molar-refractivity contribution in [3.05, 3.63) is 17.5 Å². The fourth-order valence-electron chi connectivity index (χ4n) is 1.48. The Bertz CT molecular complexity index is 237. The van der Waals surface area contributed by atoms with Crippen LogP contribution in [-0.4, -0.2) is 5.16 Å². The molecule has 0 atom stereocenters. The SMILES string of the molecule is Cc1conc1CC1CCC1. The van der Waals surface area contributed by atoms with Gasteiger partial charge in [-0.3, -0.25) is 0 Å². The minimum Gasteiger partial charge on any atom is -0.364 e. The number of hydrogen-bond acceptors (Lipinski definition) is 2. The minimum absolute atomic E-state index is 0.888. The van der Waals surface area contributed by atoms with Gasteiger partial charge in [0.05, 0.1) is 5.69 Å². The first-order valence-electron chi connectivity index (χ1n) is 4.26. The quantitative estimate of drug-likeness (QED) is 0.648. The van der Waals surface area contributed by atoms with E-state index in [2.05, 4.69) is 12.1 Å². The molecule has 1 aliphatic carbocycles. The maximum atomic E-state index is 4.86. The first kappa shape index (κ1) is 6.89. The average molecular weight is 151 g/mol. The summed E-state index contributed by atoms with van der Waals surface area (Å²) in [5.41, 5.74) is 2.37. The van der Waals surface area contributed by atoms with E-state index in [0.29, 0.717) is 0 Å². The lowest BCUT2D eigenvalue weighted by Gasteiger charge is -2.24. The number of nitrogens with zero attached hydrogens (tertiary/aromatic N) is 1. The molecule has 0 unspecified atom stereocenters. The van der Waals surface area contributed by atoms with E-state index in [1.54, 1.807) is 6.26 Å². The summed E-state index contributed by atoms with van der Waals surface area (Å²) >= 11 is 0. The van der Waals surface area contributed by atoms with Crippen LogP contribution in [0, 0.1) is 12.8 Å². The molecule has 1 fully saturated rings. The van der Waals surface area contributed by atoms with Gasteiger partial charge in [-0.25, -0.2) is 0 Å². The maximum absolute atomic E-state index is 4.86. The van der Waals surface area contributed by atoms with Crippen molar-refractivity contribution >= 4 is 0 Å². The second-order valence-electron chi connectivity index (χ2n) is 3.45. The molecule has 1 aromatic rings. The summed E-state index contributed by atoms with van der Waals surface area (Å²) in [5, 5.41) is 3.96. The van der Waals surface area contributed by atoms with E-state index in [9.17, 15) is 0 Å². The standard InChI is InChI=1S/C9H13NO/c1-7-6-11-10-9(7)5-8-3-2-4-8/h6,8H,2-5H2,1H3. The van der Waals surface area contributed by atoms with E-state index < -0.39 is 0 Å². The van der Waals surface area contributed by atoms with Gasteiger partial charge >= 0.3 is 0 Å². The topological polar surface area (TPSA) is 26.0 Å². The van der Waals surface area contributed by atoms with Crippen LogP contribution < -0.4 is 0 Å². The largest absolute Gasteiger partial charge is 0.364 e. The fraction of sp³-hybridized carbons (Fsp3) is 0.667. The third kappa shape index (κ3) is 1.30. The third-order valence-electron chi connectivity index (χ3n) is 2.55. The van der Waals surface area contributed by atoms with E-state index in [1.807, 2.05) is 0 Å². The highest BCUT2D eigenvalue weighted by Crippen LogP contribution is 2.29. The predicted molar refractivity (Wildman–Crippen MR) is 42.3 cm³/mol. The molecule has 2 heteroatoms. The van der Waals surface area contributed by atoms with Gasteiger partial charge in [0.25, 0.3) is 0 Å². The van der Waals surface area contributed by atoms with Gasteiger partial charge in [-0.2, -0.15) is 0 Å². The Balaban J connectivity index is 1.99. The van der Waals surface area contributed by atoms with Crippen LogP contribution in [0.25, 0.3) is 0 Å². The van der Waals surface area contributed by atoms with Crippen LogP contribution in [0.3, 0.4) is 0 Å². The van der Waals surface area contributed by atoms with Crippen molar-refractivity contribution < 1.29 is 4.52 Å². The van der Waals surface area contributed by atoms with Crippen molar-refractivity contribution in [2.24, 2.45) is 5.92 Å². The normalized spacial score (nSPS) is 18.3. The van der Waals surface area contributed by atoms with Gasteiger partial charge in [-0.15, -0.1) is 0 Å². The minimum atomic E-state index is 0.888. The Hall–Kier alpha value is -0.790. The number of aromatic nitrogens is 1. The molecule has 11 heavy (non-hydrogen) atoms. The molecule has 60 valence electrons. The molecule has 0 saturated heterocycles. The zero-order chi connectivity index (χ0) is 7.68. The molecular formula is C9H13NO. The van der Waals surface area contributed by atoms with Gasteiger partial charge in [0.2, 0.25) is 0 Å². The Morgan fingerprint density at radius 3 is 2.91 bits per heavy atom. The lowest BCUT2D eigenvalue weighted by Crippen LogP contribution is -2.14. The van der Waals surface area contributed by atoms with Gasteiger partial charge in [0, 0.05) is 5.56 Å². The summed E-state index contributed by atoms with van der Waals surface area (Å²) in [7, 11) is 0. The van der Waals surface area contributed by atoms with Crippen LogP contribution in [0.5, 0.6) is 0 Å². The van der Waals surface area contributed by atoms with Gasteiger partial charge in [0.1, 0.15) is 6.26 Å². The molecule has 0 aromatic carbocycles. The number of hydrogen-bond donors (Lipinski definition) is 0. The van der Waals surface area contributed by atoms with Crippen LogP contribution in [0.15, 0.2) is 10.8 Å². The van der Waals surface area contributed by atoms with Crippen LogP contribution in [-0.2, 0) is 6.42 Å². The molecule has 0 N–H and O–H groups in total. The zero-order valence-corrected chi connectivity index (χ0v) is 6.84. The van der Waals surface area contributed by atoms with Gasteiger partial charge in [-0.05, 0) is 19.3 Å². The van der Waals surface area contributed by atoms with Crippen molar-refractivity contribution in [3.8, 4) is 0 Å². The average Bonchev–Trinajstić information content (AvgIpc) is 2.27. The lowest BCUT2D eigenvalue weighted by molar-refractivity contribution is 0.304. The van der Waals surface area contributed by atoms with Crippen molar-refractivity contribution in [1.82, 2.24) is 5.16 Å². The van der Waals surface area contributed by atoms with E-state index in [1.165, 1.54) is 24.8 Å². The third-order valence-corrected chi connectivity index (χ3v) is 2.55. The number of aryl methyl sites for hydroxylation is 1. The summed E-state index contributed by atoms with van der Waals surface area (Å²) in [4.78, 5) is 0. The summed E-state index contributed by atoms with van der Waals surface area (Å²) in [6.45, 7) is 2.06. The fourth-order valence-corrected chi connectivity index (χ4v) is 1.48. The lowest BCUT2D eigenvalue weighted by atomic mass is 9.82. The highest BCUT2D eigenvalue weighted by atomic mass is 16.5. The monoisotopic (exact) mass is 151 g/mol. The van der Waals surface area contributed by atoms with Crippen LogP contribution in [0.1, 0.15) is 30.5 Å². The molecule has 0 amide bonds. The van der Waals surface area contributed by atoms with Crippen molar-refractivity contribution in [2.75, 3.05) is 0 Å². The highest BCUT2D eigenvalue weighted by Gasteiger charge is 2.19. The van der Waals surface area contributed by atoms with Gasteiger partial charge in [0.15, 0.2) is 0 Å². The molecule has 0 bridgehead atoms. The van der Waals surface area contributed by atoms with Crippen molar-refractivity contribution in [1.29, 1.82) is 0 Å². The van der Waals surface area contributed by atoms with E-state index >= 15 is 0 Å². The van der Waals surface area contributed by atoms with E-state index in [4.69, 9.17) is 4.52 Å². The predicted octanol–water partition coefficient (Wildman–Crippen LogP) is 2.33. The second-order valence-corrected chi connectivity index (χ2v) is 3.45. The molecule has 2 rings (SSSR count). The zero-order valence-electron chi connectivity index (χ0n) is 6.84. The molecule has 1 aromatic heterocycles. The van der Waals surface area contributed by atoms with Gasteiger partial charge < -0.3 is 4.52 Å². The van der Waals surface area contributed by atoms with Crippen LogP contribution in [0.4, 0.5) is 0 Å². The molecule has 1 heterocycles. The smallest absolute Gasteiger partial charge is 0.126 e. The molecular weight excluding hydrogens is 138 g/mol. The molecule has 0 spiro atoms. The van der Waals surface area contributed by atoms with Gasteiger partial charge in [-0.1, -0.05) is 24.4 Å². The first-order chi connectivity index (χ1) is 5.36. The Kier molecular flexibility index (Phi) is 1.68. The van der Waals surface area contributed by atoms with Crippen LogP contribution in [0.2, 0.25) is 0 Å². The highest BCUT2D eigenvalue weighted by molar-refractivity contribution is 5.12. The Labute approximate surface area is 66.6 Å².